The van der Waals surface area contributed by atoms with Crippen molar-refractivity contribution in [1.82, 2.24) is 0 Å². The van der Waals surface area contributed by atoms with Crippen LogP contribution in [-0.2, 0) is 11.2 Å². The molecule has 2 aromatic rings. The van der Waals surface area contributed by atoms with Gasteiger partial charge in [-0.15, -0.1) is 0 Å². The summed E-state index contributed by atoms with van der Waals surface area (Å²) in [4.78, 5) is 16.1. The summed E-state index contributed by atoms with van der Waals surface area (Å²) in [6.45, 7) is 1.59. The molecule has 0 spiro atoms. The summed E-state index contributed by atoms with van der Waals surface area (Å²) >= 11 is 0. The second kappa shape index (κ2) is 6.64. The monoisotopic (exact) mass is 251 g/mol. The predicted molar refractivity (Wildman–Crippen MR) is 78.7 cm³/mol. The third-order valence-electron chi connectivity index (χ3n) is 2.94. The Morgan fingerprint density at radius 2 is 1.63 bits per heavy atom. The lowest BCUT2D eigenvalue weighted by Crippen LogP contribution is -2.18. The Hall–Kier alpha value is -2.22. The minimum Gasteiger partial charge on any atom is -0.298 e. The zero-order valence-corrected chi connectivity index (χ0v) is 11.0. The second-order valence-electron chi connectivity index (χ2n) is 4.51. The fraction of sp³-hybridized carbons (Fsp3) is 0.176. The first-order valence-corrected chi connectivity index (χ1v) is 6.38. The molecule has 96 valence electrons. The molecule has 0 aliphatic carbocycles. The van der Waals surface area contributed by atoms with Crippen molar-refractivity contribution >= 4 is 12.0 Å². The average Bonchev–Trinajstić information content (AvgIpc) is 2.45. The van der Waals surface area contributed by atoms with Gasteiger partial charge < -0.3 is 0 Å². The van der Waals surface area contributed by atoms with Crippen LogP contribution in [0.3, 0.4) is 0 Å². The summed E-state index contributed by atoms with van der Waals surface area (Å²) in [5.41, 5.74) is 2.15. The molecule has 0 radical (unpaired) electrons. The molecule has 0 heterocycles. The van der Waals surface area contributed by atoms with E-state index in [9.17, 15) is 4.79 Å². The van der Waals surface area contributed by atoms with Gasteiger partial charge in [-0.25, -0.2) is 0 Å². The van der Waals surface area contributed by atoms with Gasteiger partial charge in [-0.1, -0.05) is 60.7 Å². The van der Waals surface area contributed by atoms with Crippen LogP contribution in [0.1, 0.15) is 18.1 Å². The highest BCUT2D eigenvalue weighted by Gasteiger charge is 2.12. The maximum atomic E-state index is 11.7. The number of aliphatic imine (C=N–C) groups is 1. The van der Waals surface area contributed by atoms with E-state index in [1.165, 1.54) is 0 Å². The molecule has 0 fully saturated rings. The van der Waals surface area contributed by atoms with Crippen LogP contribution in [0.15, 0.2) is 65.7 Å². The number of benzene rings is 2. The van der Waals surface area contributed by atoms with Gasteiger partial charge in [-0.3, -0.25) is 9.79 Å². The number of rotatable bonds is 5. The van der Waals surface area contributed by atoms with Gasteiger partial charge in [-0.2, -0.15) is 0 Å². The maximum absolute atomic E-state index is 11.7. The van der Waals surface area contributed by atoms with Crippen molar-refractivity contribution in [3.8, 4) is 0 Å². The molecule has 0 N–H and O–H groups in total. The molecular weight excluding hydrogens is 234 g/mol. The van der Waals surface area contributed by atoms with Crippen LogP contribution >= 0.6 is 0 Å². The quantitative estimate of drug-likeness (QED) is 0.750. The van der Waals surface area contributed by atoms with Gasteiger partial charge in [0.1, 0.15) is 6.04 Å². The summed E-state index contributed by atoms with van der Waals surface area (Å²) in [5.74, 6) is 0.0936. The fourth-order valence-corrected chi connectivity index (χ4v) is 1.85. The predicted octanol–water partition coefficient (Wildman–Crippen LogP) is 3.31. The number of carbonyl (C=O) groups is 1. The van der Waals surface area contributed by atoms with Crippen molar-refractivity contribution in [3.05, 3.63) is 71.8 Å². The van der Waals surface area contributed by atoms with Gasteiger partial charge in [-0.05, 0) is 18.1 Å². The highest BCUT2D eigenvalue weighted by molar-refractivity contribution is 5.86. The van der Waals surface area contributed by atoms with Gasteiger partial charge in [0.15, 0.2) is 5.78 Å². The molecule has 0 saturated heterocycles. The summed E-state index contributed by atoms with van der Waals surface area (Å²) < 4.78 is 0. The second-order valence-corrected chi connectivity index (χ2v) is 4.51. The Labute approximate surface area is 113 Å². The number of Topliss-reactive ketones (excluding diaryl/α,β-unsaturated/α-hetero) is 1. The van der Waals surface area contributed by atoms with E-state index < -0.39 is 0 Å². The van der Waals surface area contributed by atoms with Crippen LogP contribution in [0.25, 0.3) is 0 Å². The van der Waals surface area contributed by atoms with Crippen molar-refractivity contribution in [2.45, 2.75) is 19.4 Å². The molecule has 1 atom stereocenters. The Balaban J connectivity index is 2.09. The van der Waals surface area contributed by atoms with Gasteiger partial charge in [0.05, 0.1) is 0 Å². The molecule has 0 aromatic heterocycles. The third-order valence-corrected chi connectivity index (χ3v) is 2.94. The minimum atomic E-state index is -0.303. The van der Waals surface area contributed by atoms with E-state index in [2.05, 4.69) is 4.99 Å². The van der Waals surface area contributed by atoms with Crippen LogP contribution in [0, 0.1) is 0 Å². The Bertz CT molecular complexity index is 546. The molecule has 2 aromatic carbocycles. The van der Waals surface area contributed by atoms with E-state index in [1.54, 1.807) is 13.1 Å². The topological polar surface area (TPSA) is 29.4 Å². The van der Waals surface area contributed by atoms with E-state index >= 15 is 0 Å². The first-order valence-electron chi connectivity index (χ1n) is 6.38. The smallest absolute Gasteiger partial charge is 0.154 e. The molecule has 1 unspecified atom stereocenters. The van der Waals surface area contributed by atoms with Crippen LogP contribution in [-0.4, -0.2) is 18.0 Å². The molecule has 0 aliphatic heterocycles. The van der Waals surface area contributed by atoms with Gasteiger partial charge in [0.25, 0.3) is 0 Å². The van der Waals surface area contributed by atoms with E-state index in [-0.39, 0.29) is 11.8 Å². The summed E-state index contributed by atoms with van der Waals surface area (Å²) in [7, 11) is 0. The van der Waals surface area contributed by atoms with E-state index in [0.717, 1.165) is 11.1 Å². The minimum absolute atomic E-state index is 0.0936. The lowest BCUT2D eigenvalue weighted by Gasteiger charge is -2.08. The van der Waals surface area contributed by atoms with Gasteiger partial charge in [0, 0.05) is 12.6 Å². The number of hydrogen-bond acceptors (Lipinski definition) is 2. The van der Waals surface area contributed by atoms with Gasteiger partial charge in [0.2, 0.25) is 0 Å². The SMILES string of the molecule is CC(=O)C(Cc1ccccc1)N=Cc1ccccc1. The highest BCUT2D eigenvalue weighted by Crippen LogP contribution is 2.07. The first-order chi connectivity index (χ1) is 9.25. The third kappa shape index (κ3) is 4.18. The van der Waals surface area contributed by atoms with Crippen LogP contribution < -0.4 is 0 Å². The maximum Gasteiger partial charge on any atom is 0.154 e. The number of hydrogen-bond donors (Lipinski definition) is 0. The zero-order valence-electron chi connectivity index (χ0n) is 11.0. The number of carbonyl (C=O) groups excluding carboxylic acids is 1. The lowest BCUT2D eigenvalue weighted by molar-refractivity contribution is -0.118. The van der Waals surface area contributed by atoms with Crippen molar-refractivity contribution < 1.29 is 4.79 Å². The van der Waals surface area contributed by atoms with Crippen molar-refractivity contribution in [2.24, 2.45) is 4.99 Å². The van der Waals surface area contributed by atoms with Gasteiger partial charge >= 0.3 is 0 Å². The molecule has 0 aliphatic rings. The first kappa shape index (κ1) is 13.2. The van der Waals surface area contributed by atoms with Crippen molar-refractivity contribution in [2.75, 3.05) is 0 Å². The molecule has 2 heteroatoms. The number of nitrogens with zero attached hydrogens (tertiary/aromatic N) is 1. The zero-order chi connectivity index (χ0) is 13.5. The molecular formula is C17H17NO. The van der Waals surface area contributed by atoms with E-state index in [0.29, 0.717) is 6.42 Å². The van der Waals surface area contributed by atoms with Crippen LogP contribution in [0.2, 0.25) is 0 Å². The Kier molecular flexibility index (Phi) is 4.62. The van der Waals surface area contributed by atoms with E-state index in [4.69, 9.17) is 0 Å². The standard InChI is InChI=1S/C17H17NO/c1-14(19)17(12-15-8-4-2-5-9-15)18-13-16-10-6-3-7-11-16/h2-11,13,17H,12H2,1H3. The normalized spacial score (nSPS) is 12.5. The molecule has 0 bridgehead atoms. The Morgan fingerprint density at radius 3 is 2.21 bits per heavy atom. The van der Waals surface area contributed by atoms with Crippen LogP contribution in [0.5, 0.6) is 0 Å². The largest absolute Gasteiger partial charge is 0.298 e. The highest BCUT2D eigenvalue weighted by atomic mass is 16.1. The summed E-state index contributed by atoms with van der Waals surface area (Å²) in [6.07, 6.45) is 2.43. The Morgan fingerprint density at radius 1 is 1.05 bits per heavy atom. The molecule has 2 nitrogen and oxygen atoms in total. The molecule has 0 saturated carbocycles. The fourth-order valence-electron chi connectivity index (χ4n) is 1.85. The van der Waals surface area contributed by atoms with E-state index in [1.807, 2.05) is 60.7 Å². The molecule has 2 rings (SSSR count). The number of ketones is 1. The lowest BCUT2D eigenvalue weighted by atomic mass is 10.0. The van der Waals surface area contributed by atoms with Crippen molar-refractivity contribution in [3.63, 3.8) is 0 Å². The average molecular weight is 251 g/mol. The van der Waals surface area contributed by atoms with Crippen LogP contribution in [0.4, 0.5) is 0 Å². The summed E-state index contributed by atoms with van der Waals surface area (Å²) in [6, 6.07) is 19.5. The molecule has 0 amide bonds. The van der Waals surface area contributed by atoms with Crippen molar-refractivity contribution in [1.29, 1.82) is 0 Å². The molecule has 19 heavy (non-hydrogen) atoms. The summed E-state index contributed by atoms with van der Waals surface area (Å²) in [5, 5.41) is 0.